The van der Waals surface area contributed by atoms with Gasteiger partial charge >= 0.3 is 0 Å². The van der Waals surface area contributed by atoms with Crippen LogP contribution in [0.3, 0.4) is 0 Å². The Labute approximate surface area is 96.8 Å². The van der Waals surface area contributed by atoms with Crippen LogP contribution in [-0.4, -0.2) is 25.1 Å². The summed E-state index contributed by atoms with van der Waals surface area (Å²) >= 11 is 0. The van der Waals surface area contributed by atoms with Gasteiger partial charge in [0.25, 0.3) is 0 Å². The van der Waals surface area contributed by atoms with Crippen molar-refractivity contribution >= 4 is 5.78 Å². The first kappa shape index (κ1) is 11.6. The molecule has 0 amide bonds. The lowest BCUT2D eigenvalue weighted by Crippen LogP contribution is -2.08. The van der Waals surface area contributed by atoms with Gasteiger partial charge in [0.2, 0.25) is 0 Å². The molecule has 2 aliphatic rings. The molecule has 0 aromatic rings. The molecule has 0 radical (unpaired) electrons. The van der Waals surface area contributed by atoms with Crippen LogP contribution >= 0.6 is 0 Å². The number of allylic oxidation sites excluding steroid dienone is 1. The van der Waals surface area contributed by atoms with Gasteiger partial charge in [-0.1, -0.05) is 0 Å². The molecule has 3 nitrogen and oxygen atoms in total. The summed E-state index contributed by atoms with van der Waals surface area (Å²) in [6.45, 7) is 1.67. The molecule has 0 spiro atoms. The quantitative estimate of drug-likeness (QED) is 0.695. The van der Waals surface area contributed by atoms with Crippen molar-refractivity contribution in [3.63, 3.8) is 0 Å². The van der Waals surface area contributed by atoms with Gasteiger partial charge in [-0.2, -0.15) is 0 Å². The zero-order chi connectivity index (χ0) is 11.2. The molecule has 2 rings (SSSR count). The fourth-order valence-corrected chi connectivity index (χ4v) is 2.22. The average molecular weight is 224 g/mol. The second-order valence-electron chi connectivity index (χ2n) is 4.52. The van der Waals surface area contributed by atoms with Crippen molar-refractivity contribution in [3.05, 3.63) is 11.8 Å². The van der Waals surface area contributed by atoms with Crippen molar-refractivity contribution in [2.24, 2.45) is 0 Å². The van der Waals surface area contributed by atoms with Crippen molar-refractivity contribution in [1.82, 2.24) is 0 Å². The summed E-state index contributed by atoms with van der Waals surface area (Å²) in [6.07, 6.45) is 8.68. The van der Waals surface area contributed by atoms with Crippen molar-refractivity contribution in [2.75, 3.05) is 13.2 Å². The van der Waals surface area contributed by atoms with Gasteiger partial charge in [0, 0.05) is 32.3 Å². The van der Waals surface area contributed by atoms with E-state index in [4.69, 9.17) is 9.47 Å². The molecule has 0 N–H and O–H groups in total. The zero-order valence-electron chi connectivity index (χ0n) is 9.74. The summed E-state index contributed by atoms with van der Waals surface area (Å²) in [7, 11) is 0. The first-order valence-electron chi connectivity index (χ1n) is 6.30. The van der Waals surface area contributed by atoms with E-state index in [1.54, 1.807) is 0 Å². The second-order valence-corrected chi connectivity index (χ2v) is 4.52. The van der Waals surface area contributed by atoms with Gasteiger partial charge in [0.1, 0.15) is 5.78 Å². The fraction of sp³-hybridized carbons (Fsp3) is 0.769. The predicted molar refractivity (Wildman–Crippen MR) is 61.1 cm³/mol. The van der Waals surface area contributed by atoms with E-state index in [1.807, 2.05) is 0 Å². The third-order valence-corrected chi connectivity index (χ3v) is 3.20. The lowest BCUT2D eigenvalue weighted by Gasteiger charge is -2.08. The molecule has 2 heterocycles. The van der Waals surface area contributed by atoms with Gasteiger partial charge in [-0.15, -0.1) is 0 Å². The molecule has 3 heteroatoms. The van der Waals surface area contributed by atoms with E-state index < -0.39 is 0 Å². The molecule has 1 saturated heterocycles. The maximum absolute atomic E-state index is 11.6. The molecule has 1 unspecified atom stereocenters. The van der Waals surface area contributed by atoms with E-state index >= 15 is 0 Å². The highest BCUT2D eigenvalue weighted by Crippen LogP contribution is 2.19. The van der Waals surface area contributed by atoms with Gasteiger partial charge in [-0.3, -0.25) is 4.79 Å². The standard InChI is InChI=1S/C13H20O3/c14-11(5-7-12-3-1-9-15-12)6-8-13-4-2-10-16-13/h3,13H,1-2,4-10H2. The number of carbonyl (C=O) groups is 1. The minimum absolute atomic E-state index is 0.339. The van der Waals surface area contributed by atoms with Crippen LogP contribution in [0.5, 0.6) is 0 Å². The van der Waals surface area contributed by atoms with Crippen LogP contribution in [-0.2, 0) is 14.3 Å². The molecule has 0 aromatic heterocycles. The number of carbonyl (C=O) groups excluding carboxylic acids is 1. The van der Waals surface area contributed by atoms with Crippen LogP contribution in [0.4, 0.5) is 0 Å². The molecular formula is C13H20O3. The summed E-state index contributed by atoms with van der Waals surface area (Å²) in [5.74, 6) is 1.34. The first-order chi connectivity index (χ1) is 7.84. The third kappa shape index (κ3) is 3.63. The van der Waals surface area contributed by atoms with Crippen molar-refractivity contribution in [2.45, 2.75) is 51.0 Å². The van der Waals surface area contributed by atoms with Crippen molar-refractivity contribution in [3.8, 4) is 0 Å². The normalized spacial score (nSPS) is 24.2. The fourth-order valence-electron chi connectivity index (χ4n) is 2.22. The van der Waals surface area contributed by atoms with Crippen LogP contribution in [0.15, 0.2) is 11.8 Å². The van der Waals surface area contributed by atoms with Crippen LogP contribution in [0.25, 0.3) is 0 Å². The lowest BCUT2D eigenvalue weighted by molar-refractivity contribution is -0.119. The van der Waals surface area contributed by atoms with Gasteiger partial charge in [0.15, 0.2) is 0 Å². The van der Waals surface area contributed by atoms with E-state index in [-0.39, 0.29) is 0 Å². The van der Waals surface area contributed by atoms with Crippen LogP contribution in [0, 0.1) is 0 Å². The van der Waals surface area contributed by atoms with Crippen LogP contribution in [0.2, 0.25) is 0 Å². The lowest BCUT2D eigenvalue weighted by atomic mass is 10.1. The average Bonchev–Trinajstić information content (AvgIpc) is 2.96. The Morgan fingerprint density at radius 2 is 2.31 bits per heavy atom. The summed E-state index contributed by atoms with van der Waals surface area (Å²) < 4.78 is 10.9. The number of ketones is 1. The van der Waals surface area contributed by atoms with Crippen molar-refractivity contribution in [1.29, 1.82) is 0 Å². The Morgan fingerprint density at radius 3 is 3.00 bits per heavy atom. The first-order valence-corrected chi connectivity index (χ1v) is 6.30. The topological polar surface area (TPSA) is 35.5 Å². The predicted octanol–water partition coefficient (Wildman–Crippen LogP) is 2.60. The van der Waals surface area contributed by atoms with E-state index in [0.717, 1.165) is 51.1 Å². The molecule has 90 valence electrons. The molecular weight excluding hydrogens is 204 g/mol. The second kappa shape index (κ2) is 6.04. The van der Waals surface area contributed by atoms with Gasteiger partial charge in [0.05, 0.1) is 18.5 Å². The minimum atomic E-state index is 0.339. The van der Waals surface area contributed by atoms with Gasteiger partial charge < -0.3 is 9.47 Å². The Kier molecular flexibility index (Phi) is 4.40. The number of rotatable bonds is 6. The molecule has 2 aliphatic heterocycles. The summed E-state index contributed by atoms with van der Waals surface area (Å²) in [5.41, 5.74) is 0. The summed E-state index contributed by atoms with van der Waals surface area (Å²) in [5, 5.41) is 0. The Bertz CT molecular complexity index is 264. The molecule has 0 aromatic carbocycles. The van der Waals surface area contributed by atoms with Crippen molar-refractivity contribution < 1.29 is 14.3 Å². The van der Waals surface area contributed by atoms with E-state index in [1.165, 1.54) is 0 Å². The smallest absolute Gasteiger partial charge is 0.133 e. The number of hydrogen-bond donors (Lipinski definition) is 0. The molecule has 0 saturated carbocycles. The Morgan fingerprint density at radius 1 is 1.38 bits per heavy atom. The van der Waals surface area contributed by atoms with Gasteiger partial charge in [-0.05, 0) is 25.3 Å². The SMILES string of the molecule is O=C(CCC1=CCCO1)CCC1CCCO1. The maximum Gasteiger partial charge on any atom is 0.133 e. The molecule has 1 atom stereocenters. The Hall–Kier alpha value is -0.830. The summed E-state index contributed by atoms with van der Waals surface area (Å²) in [4.78, 5) is 11.6. The van der Waals surface area contributed by atoms with Gasteiger partial charge in [-0.25, -0.2) is 0 Å². The highest BCUT2D eigenvalue weighted by molar-refractivity contribution is 5.78. The number of ether oxygens (including phenoxy) is 2. The van der Waals surface area contributed by atoms with E-state index in [2.05, 4.69) is 6.08 Å². The highest BCUT2D eigenvalue weighted by atomic mass is 16.5. The molecule has 0 aliphatic carbocycles. The molecule has 16 heavy (non-hydrogen) atoms. The highest BCUT2D eigenvalue weighted by Gasteiger charge is 2.17. The Balaban J connectivity index is 1.56. The zero-order valence-corrected chi connectivity index (χ0v) is 9.74. The largest absolute Gasteiger partial charge is 0.498 e. The summed E-state index contributed by atoms with van der Waals surface area (Å²) in [6, 6.07) is 0. The minimum Gasteiger partial charge on any atom is -0.498 e. The number of Topliss-reactive ketones (excluding diaryl/α,β-unsaturated/α-hetero) is 1. The van der Waals surface area contributed by atoms with E-state index in [9.17, 15) is 4.79 Å². The number of hydrogen-bond acceptors (Lipinski definition) is 3. The molecule has 1 fully saturated rings. The maximum atomic E-state index is 11.6. The monoisotopic (exact) mass is 224 g/mol. The molecule has 0 bridgehead atoms. The van der Waals surface area contributed by atoms with Crippen LogP contribution in [0.1, 0.15) is 44.9 Å². The third-order valence-electron chi connectivity index (χ3n) is 3.20. The van der Waals surface area contributed by atoms with Crippen LogP contribution < -0.4 is 0 Å². The van der Waals surface area contributed by atoms with E-state index in [0.29, 0.717) is 24.7 Å².